The first-order valence-electron chi connectivity index (χ1n) is 9.04. The van der Waals surface area contributed by atoms with Gasteiger partial charge in [0.05, 0.1) is 11.5 Å². The lowest BCUT2D eigenvalue weighted by atomic mass is 10.1. The van der Waals surface area contributed by atoms with E-state index in [4.69, 9.17) is 0 Å². The van der Waals surface area contributed by atoms with E-state index in [1.165, 1.54) is 29.1 Å². The van der Waals surface area contributed by atoms with Gasteiger partial charge in [-0.15, -0.1) is 22.0 Å². The molecule has 29 heavy (non-hydrogen) atoms. The second-order valence-electron chi connectivity index (χ2n) is 6.53. The summed E-state index contributed by atoms with van der Waals surface area (Å²) in [6, 6.07) is 15.3. The van der Waals surface area contributed by atoms with Crippen LogP contribution in [-0.4, -0.2) is 32.2 Å². The van der Waals surface area contributed by atoms with Gasteiger partial charge in [-0.3, -0.25) is 9.59 Å². The molecule has 0 saturated heterocycles. The van der Waals surface area contributed by atoms with Gasteiger partial charge in [-0.05, 0) is 38.1 Å². The molecular formula is C21H22N4O2S2. The third-order valence-corrected chi connectivity index (χ3v) is 6.23. The van der Waals surface area contributed by atoms with Gasteiger partial charge in [-0.25, -0.2) is 0 Å². The molecule has 3 rings (SSSR count). The Morgan fingerprint density at radius 2 is 1.83 bits per heavy atom. The van der Waals surface area contributed by atoms with E-state index in [9.17, 15) is 9.59 Å². The van der Waals surface area contributed by atoms with E-state index in [-0.39, 0.29) is 17.4 Å². The van der Waals surface area contributed by atoms with Gasteiger partial charge in [0.15, 0.2) is 10.9 Å². The lowest BCUT2D eigenvalue weighted by Crippen LogP contribution is -2.14. The largest absolute Gasteiger partial charge is 0.325 e. The molecule has 3 aromatic rings. The van der Waals surface area contributed by atoms with Crippen LogP contribution in [0.2, 0.25) is 0 Å². The summed E-state index contributed by atoms with van der Waals surface area (Å²) in [5.74, 6) is 1.57. The van der Waals surface area contributed by atoms with Crippen molar-refractivity contribution in [2.75, 3.05) is 11.1 Å². The van der Waals surface area contributed by atoms with Crippen LogP contribution in [0, 0.1) is 6.92 Å². The Labute approximate surface area is 178 Å². The normalized spacial score (nSPS) is 10.7. The van der Waals surface area contributed by atoms with E-state index < -0.39 is 0 Å². The highest BCUT2D eigenvalue weighted by Gasteiger charge is 2.12. The highest BCUT2D eigenvalue weighted by molar-refractivity contribution is 7.99. The van der Waals surface area contributed by atoms with Crippen LogP contribution < -0.4 is 5.32 Å². The van der Waals surface area contributed by atoms with Crippen molar-refractivity contribution < 1.29 is 9.59 Å². The summed E-state index contributed by atoms with van der Waals surface area (Å²) in [6.07, 6.45) is 0. The smallest absolute Gasteiger partial charge is 0.234 e. The second-order valence-corrected chi connectivity index (χ2v) is 8.52. The van der Waals surface area contributed by atoms with Crippen LogP contribution in [0.5, 0.6) is 0 Å². The number of carbonyl (C=O) groups is 2. The van der Waals surface area contributed by atoms with Crippen molar-refractivity contribution in [1.82, 2.24) is 14.8 Å². The van der Waals surface area contributed by atoms with E-state index in [0.717, 1.165) is 5.82 Å². The van der Waals surface area contributed by atoms with E-state index in [0.29, 0.717) is 22.2 Å². The molecule has 0 saturated carbocycles. The molecule has 2 aromatic carbocycles. The summed E-state index contributed by atoms with van der Waals surface area (Å²) in [5, 5.41) is 11.9. The third-order valence-electron chi connectivity index (χ3n) is 4.20. The predicted molar refractivity (Wildman–Crippen MR) is 118 cm³/mol. The molecule has 150 valence electrons. The van der Waals surface area contributed by atoms with Gasteiger partial charge in [0.1, 0.15) is 5.82 Å². The fraction of sp³-hybridized carbons (Fsp3) is 0.238. The maximum Gasteiger partial charge on any atom is 0.234 e. The number of aryl methyl sites for hydroxylation is 1. The molecule has 0 radical (unpaired) electrons. The third kappa shape index (κ3) is 5.95. The van der Waals surface area contributed by atoms with Crippen LogP contribution in [0.25, 0.3) is 0 Å². The van der Waals surface area contributed by atoms with Gasteiger partial charge in [0.2, 0.25) is 5.91 Å². The van der Waals surface area contributed by atoms with Crippen LogP contribution in [0.1, 0.15) is 28.7 Å². The zero-order valence-corrected chi connectivity index (χ0v) is 18.1. The van der Waals surface area contributed by atoms with Gasteiger partial charge >= 0.3 is 0 Å². The topological polar surface area (TPSA) is 76.9 Å². The Morgan fingerprint density at radius 3 is 2.55 bits per heavy atom. The second kappa shape index (κ2) is 9.76. The minimum Gasteiger partial charge on any atom is -0.325 e. The summed E-state index contributed by atoms with van der Waals surface area (Å²) in [7, 11) is 1.90. The molecule has 0 spiro atoms. The SMILES string of the molecule is CC(=O)c1cccc(NC(=O)CSc2nnc(CSc3ccc(C)cc3)n2C)c1. The fourth-order valence-corrected chi connectivity index (χ4v) is 4.13. The summed E-state index contributed by atoms with van der Waals surface area (Å²) < 4.78 is 1.91. The molecule has 0 aliphatic heterocycles. The summed E-state index contributed by atoms with van der Waals surface area (Å²) in [4.78, 5) is 24.9. The number of hydrogen-bond acceptors (Lipinski definition) is 6. The maximum atomic E-state index is 12.2. The van der Waals surface area contributed by atoms with Crippen molar-refractivity contribution in [3.63, 3.8) is 0 Å². The molecule has 0 atom stereocenters. The summed E-state index contributed by atoms with van der Waals surface area (Å²) >= 11 is 3.03. The Morgan fingerprint density at radius 1 is 1.07 bits per heavy atom. The molecule has 1 aromatic heterocycles. The van der Waals surface area contributed by atoms with Crippen LogP contribution >= 0.6 is 23.5 Å². The zero-order valence-electron chi connectivity index (χ0n) is 16.5. The summed E-state index contributed by atoms with van der Waals surface area (Å²) in [6.45, 7) is 3.57. The Bertz CT molecular complexity index is 1020. The van der Waals surface area contributed by atoms with Crippen LogP contribution in [0.15, 0.2) is 58.6 Å². The van der Waals surface area contributed by atoms with E-state index in [1.807, 2.05) is 11.6 Å². The van der Waals surface area contributed by atoms with Crippen LogP contribution in [0.4, 0.5) is 5.69 Å². The number of carbonyl (C=O) groups excluding carboxylic acids is 2. The molecule has 1 amide bonds. The van der Waals surface area contributed by atoms with Crippen molar-refractivity contribution in [2.45, 2.75) is 29.7 Å². The summed E-state index contributed by atoms with van der Waals surface area (Å²) in [5.41, 5.74) is 2.41. The van der Waals surface area contributed by atoms with Crippen LogP contribution in [-0.2, 0) is 17.6 Å². The zero-order chi connectivity index (χ0) is 20.8. The Kier molecular flexibility index (Phi) is 7.11. The first-order chi connectivity index (χ1) is 13.9. The number of nitrogens with one attached hydrogen (secondary N) is 1. The predicted octanol–water partition coefficient (Wildman–Crippen LogP) is 4.35. The number of ketones is 1. The van der Waals surface area contributed by atoms with E-state index >= 15 is 0 Å². The Balaban J connectivity index is 1.53. The first-order valence-corrected chi connectivity index (χ1v) is 11.0. The van der Waals surface area contributed by atoms with Crippen molar-refractivity contribution in [3.8, 4) is 0 Å². The van der Waals surface area contributed by atoms with E-state index in [2.05, 4.69) is 46.7 Å². The lowest BCUT2D eigenvalue weighted by molar-refractivity contribution is -0.113. The molecule has 6 nitrogen and oxygen atoms in total. The lowest BCUT2D eigenvalue weighted by Gasteiger charge is -2.07. The van der Waals surface area contributed by atoms with Crippen molar-refractivity contribution in [1.29, 1.82) is 0 Å². The van der Waals surface area contributed by atoms with Gasteiger partial charge in [-0.2, -0.15) is 0 Å². The Hall–Kier alpha value is -2.58. The minimum atomic E-state index is -0.158. The van der Waals surface area contributed by atoms with Gasteiger partial charge in [-0.1, -0.05) is 41.6 Å². The monoisotopic (exact) mass is 426 g/mol. The highest BCUT2D eigenvalue weighted by Crippen LogP contribution is 2.24. The minimum absolute atomic E-state index is 0.0365. The maximum absolute atomic E-state index is 12.2. The number of anilines is 1. The molecule has 0 aliphatic carbocycles. The van der Waals surface area contributed by atoms with Gasteiger partial charge in [0, 0.05) is 23.2 Å². The average Bonchev–Trinajstić information content (AvgIpc) is 3.06. The molecular weight excluding hydrogens is 404 g/mol. The first kappa shape index (κ1) is 21.1. The van der Waals surface area contributed by atoms with E-state index in [1.54, 1.807) is 36.0 Å². The average molecular weight is 427 g/mol. The number of rotatable bonds is 8. The number of aromatic nitrogens is 3. The number of thioether (sulfide) groups is 2. The van der Waals surface area contributed by atoms with Crippen molar-refractivity contribution in [3.05, 3.63) is 65.5 Å². The standard InChI is InChI=1S/C21H22N4O2S2/c1-14-7-9-18(10-8-14)28-12-19-23-24-21(25(19)3)29-13-20(27)22-17-6-4-5-16(11-17)15(2)26/h4-11H,12-13H2,1-3H3,(H,22,27). The molecule has 0 aliphatic rings. The molecule has 1 N–H and O–H groups in total. The molecule has 8 heteroatoms. The van der Waals surface area contributed by atoms with Gasteiger partial charge in [0.25, 0.3) is 0 Å². The molecule has 0 unspecified atom stereocenters. The number of benzene rings is 2. The highest BCUT2D eigenvalue weighted by atomic mass is 32.2. The number of hydrogen-bond donors (Lipinski definition) is 1. The van der Waals surface area contributed by atoms with Crippen molar-refractivity contribution >= 4 is 40.9 Å². The molecule has 1 heterocycles. The van der Waals surface area contributed by atoms with Crippen molar-refractivity contribution in [2.24, 2.45) is 7.05 Å². The van der Waals surface area contributed by atoms with Gasteiger partial charge < -0.3 is 9.88 Å². The molecule has 0 bridgehead atoms. The quantitative estimate of drug-likeness (QED) is 0.426. The molecule has 0 fully saturated rings. The number of Topliss-reactive ketones (excluding diaryl/α,β-unsaturated/α-hetero) is 1. The fourth-order valence-electron chi connectivity index (χ4n) is 2.52. The number of amides is 1. The number of nitrogens with zero attached hydrogens (tertiary/aromatic N) is 3. The van der Waals surface area contributed by atoms with Crippen LogP contribution in [0.3, 0.4) is 0 Å².